The Hall–Kier alpha value is -1.35. The molecule has 3 rings (SSSR count). The fourth-order valence-electron chi connectivity index (χ4n) is 3.17. The van der Waals surface area contributed by atoms with Crippen molar-refractivity contribution in [3.8, 4) is 0 Å². The summed E-state index contributed by atoms with van der Waals surface area (Å²) in [5.74, 6) is 0.713. The minimum absolute atomic E-state index is 0.637. The molecular weight excluding hydrogens is 236 g/mol. The molecule has 2 aromatic rings. The molecule has 0 saturated heterocycles. The average molecular weight is 258 g/mol. The van der Waals surface area contributed by atoms with Crippen LogP contribution >= 0.6 is 0 Å². The van der Waals surface area contributed by atoms with E-state index in [1.165, 1.54) is 24.6 Å². The Morgan fingerprint density at radius 1 is 1.37 bits per heavy atom. The van der Waals surface area contributed by atoms with Crippen LogP contribution < -0.4 is 0 Å². The van der Waals surface area contributed by atoms with Gasteiger partial charge < -0.3 is 5.11 Å². The molecule has 0 aliphatic heterocycles. The van der Waals surface area contributed by atoms with E-state index in [1.54, 1.807) is 0 Å². The molecule has 1 aliphatic carbocycles. The number of fused-ring (bicyclic) bond motifs is 1. The predicted molar refractivity (Wildman–Crippen MR) is 77.0 cm³/mol. The quantitative estimate of drug-likeness (QED) is 0.915. The second kappa shape index (κ2) is 4.64. The van der Waals surface area contributed by atoms with E-state index in [0.717, 1.165) is 17.6 Å². The number of benzene rings is 1. The summed E-state index contributed by atoms with van der Waals surface area (Å²) in [6.45, 7) is 1.95. The Labute approximate surface area is 114 Å². The van der Waals surface area contributed by atoms with Gasteiger partial charge >= 0.3 is 0 Å². The maximum Gasteiger partial charge on any atom is 0.0731 e. The van der Waals surface area contributed by atoms with Gasteiger partial charge in [-0.2, -0.15) is 5.10 Å². The maximum absolute atomic E-state index is 10.6. The highest BCUT2D eigenvalue weighted by Gasteiger charge is 2.30. The zero-order valence-electron chi connectivity index (χ0n) is 11.8. The molecule has 0 bridgehead atoms. The van der Waals surface area contributed by atoms with Crippen molar-refractivity contribution in [2.24, 2.45) is 13.0 Å². The summed E-state index contributed by atoms with van der Waals surface area (Å²) in [7, 11) is 1.96. The lowest BCUT2D eigenvalue weighted by molar-refractivity contribution is 0.0198. The van der Waals surface area contributed by atoms with Gasteiger partial charge in [-0.15, -0.1) is 0 Å². The lowest BCUT2D eigenvalue weighted by Crippen LogP contribution is -2.32. The first-order chi connectivity index (χ1) is 9.05. The van der Waals surface area contributed by atoms with Gasteiger partial charge in [0.15, 0.2) is 0 Å². The Balaban J connectivity index is 1.84. The second-order valence-corrected chi connectivity index (χ2v) is 6.26. The molecule has 0 spiro atoms. The van der Waals surface area contributed by atoms with Crippen LogP contribution in [0.1, 0.15) is 38.3 Å². The smallest absolute Gasteiger partial charge is 0.0731 e. The van der Waals surface area contributed by atoms with Crippen LogP contribution in [0.2, 0.25) is 0 Å². The molecule has 1 atom stereocenters. The highest BCUT2D eigenvalue weighted by Crippen LogP contribution is 2.35. The van der Waals surface area contributed by atoms with Gasteiger partial charge in [0.2, 0.25) is 0 Å². The van der Waals surface area contributed by atoms with Crippen molar-refractivity contribution >= 4 is 10.9 Å². The van der Waals surface area contributed by atoms with Gasteiger partial charge in [-0.05, 0) is 25.3 Å². The predicted octanol–water partition coefficient (Wildman–Crippen LogP) is 3.06. The van der Waals surface area contributed by atoms with E-state index in [0.29, 0.717) is 12.3 Å². The van der Waals surface area contributed by atoms with Gasteiger partial charge in [0.05, 0.1) is 16.8 Å². The van der Waals surface area contributed by atoms with Crippen molar-refractivity contribution in [3.05, 3.63) is 30.0 Å². The molecular formula is C16H22N2O. The highest BCUT2D eigenvalue weighted by molar-refractivity contribution is 5.81. The van der Waals surface area contributed by atoms with Crippen LogP contribution in [0.3, 0.4) is 0 Å². The van der Waals surface area contributed by atoms with Gasteiger partial charge in [-0.3, -0.25) is 4.68 Å². The first kappa shape index (κ1) is 12.7. The third-order valence-electron chi connectivity index (χ3n) is 4.34. The Morgan fingerprint density at radius 2 is 2.11 bits per heavy atom. The molecule has 1 heterocycles. The number of para-hydroxylation sites is 1. The normalized spacial score (nSPS) is 19.3. The number of hydrogen-bond donors (Lipinski definition) is 1. The van der Waals surface area contributed by atoms with Crippen molar-refractivity contribution in [3.63, 3.8) is 0 Å². The van der Waals surface area contributed by atoms with E-state index in [4.69, 9.17) is 0 Å². The summed E-state index contributed by atoms with van der Waals surface area (Å²) in [5, 5.41) is 16.4. The Bertz CT molecular complexity index is 581. The van der Waals surface area contributed by atoms with Crippen LogP contribution in [-0.4, -0.2) is 20.5 Å². The zero-order chi connectivity index (χ0) is 13.5. The average Bonchev–Trinajstić information content (AvgIpc) is 2.62. The van der Waals surface area contributed by atoms with Crippen molar-refractivity contribution in [1.29, 1.82) is 0 Å². The van der Waals surface area contributed by atoms with Crippen LogP contribution in [0.5, 0.6) is 0 Å². The van der Waals surface area contributed by atoms with Gasteiger partial charge in [0.1, 0.15) is 0 Å². The number of nitrogens with zero attached hydrogens (tertiary/aromatic N) is 2. The summed E-state index contributed by atoms with van der Waals surface area (Å²) in [6, 6.07) is 8.23. The van der Waals surface area contributed by atoms with E-state index < -0.39 is 5.60 Å². The molecule has 1 N–H and O–H groups in total. The van der Waals surface area contributed by atoms with E-state index >= 15 is 0 Å². The molecule has 3 nitrogen and oxygen atoms in total. The highest BCUT2D eigenvalue weighted by atomic mass is 16.3. The minimum Gasteiger partial charge on any atom is -0.390 e. The summed E-state index contributed by atoms with van der Waals surface area (Å²) in [5.41, 5.74) is 1.52. The van der Waals surface area contributed by atoms with E-state index in [-0.39, 0.29) is 0 Å². The van der Waals surface area contributed by atoms with Crippen molar-refractivity contribution in [2.75, 3.05) is 0 Å². The largest absolute Gasteiger partial charge is 0.390 e. The lowest BCUT2D eigenvalue weighted by Gasteiger charge is -2.33. The standard InChI is InChI=1S/C16H22N2O/c1-16(19,10-12-6-5-7-12)11-14-13-8-3-4-9-15(13)18(2)17-14/h3-4,8-9,12,19H,5-7,10-11H2,1-2H3. The lowest BCUT2D eigenvalue weighted by atomic mass is 9.76. The molecule has 1 fully saturated rings. The number of rotatable bonds is 4. The van der Waals surface area contributed by atoms with Gasteiger partial charge in [-0.25, -0.2) is 0 Å². The van der Waals surface area contributed by atoms with E-state index in [2.05, 4.69) is 17.2 Å². The number of aryl methyl sites for hydroxylation is 1. The molecule has 102 valence electrons. The number of aromatic nitrogens is 2. The van der Waals surface area contributed by atoms with Crippen LogP contribution in [0.4, 0.5) is 0 Å². The fourth-order valence-corrected chi connectivity index (χ4v) is 3.17. The first-order valence-corrected chi connectivity index (χ1v) is 7.18. The molecule has 19 heavy (non-hydrogen) atoms. The van der Waals surface area contributed by atoms with E-state index in [1.807, 2.05) is 30.8 Å². The minimum atomic E-state index is -0.637. The van der Waals surface area contributed by atoms with Crippen LogP contribution in [0.25, 0.3) is 10.9 Å². The van der Waals surface area contributed by atoms with E-state index in [9.17, 15) is 5.11 Å². The molecule has 1 aliphatic rings. The monoisotopic (exact) mass is 258 g/mol. The molecule has 3 heteroatoms. The summed E-state index contributed by atoms with van der Waals surface area (Å²) in [6.07, 6.45) is 5.42. The molecule has 1 unspecified atom stereocenters. The maximum atomic E-state index is 10.6. The number of hydrogen-bond acceptors (Lipinski definition) is 2. The summed E-state index contributed by atoms with van der Waals surface area (Å²) in [4.78, 5) is 0. The molecule has 1 aromatic heterocycles. The van der Waals surface area contributed by atoms with Crippen molar-refractivity contribution in [2.45, 2.75) is 44.6 Å². The van der Waals surface area contributed by atoms with Crippen molar-refractivity contribution in [1.82, 2.24) is 9.78 Å². The van der Waals surface area contributed by atoms with Crippen LogP contribution in [0.15, 0.2) is 24.3 Å². The Morgan fingerprint density at radius 3 is 2.79 bits per heavy atom. The van der Waals surface area contributed by atoms with Gasteiger partial charge in [0, 0.05) is 18.9 Å². The number of aliphatic hydroxyl groups is 1. The van der Waals surface area contributed by atoms with Crippen LogP contribution in [0, 0.1) is 5.92 Å². The summed E-state index contributed by atoms with van der Waals surface area (Å²) < 4.78 is 1.91. The zero-order valence-corrected chi connectivity index (χ0v) is 11.8. The van der Waals surface area contributed by atoms with Crippen LogP contribution in [-0.2, 0) is 13.5 Å². The fraction of sp³-hybridized carbons (Fsp3) is 0.562. The Kier molecular flexibility index (Phi) is 3.09. The second-order valence-electron chi connectivity index (χ2n) is 6.26. The molecule has 1 aromatic carbocycles. The first-order valence-electron chi connectivity index (χ1n) is 7.18. The molecule has 1 saturated carbocycles. The topological polar surface area (TPSA) is 38.0 Å². The van der Waals surface area contributed by atoms with Crippen molar-refractivity contribution < 1.29 is 5.11 Å². The van der Waals surface area contributed by atoms with Gasteiger partial charge in [-0.1, -0.05) is 37.5 Å². The third kappa shape index (κ3) is 2.52. The molecule has 0 radical (unpaired) electrons. The van der Waals surface area contributed by atoms with Gasteiger partial charge in [0.25, 0.3) is 0 Å². The summed E-state index contributed by atoms with van der Waals surface area (Å²) >= 11 is 0. The SMILES string of the molecule is Cn1nc(CC(C)(O)CC2CCC2)c2ccccc21. The molecule has 0 amide bonds. The third-order valence-corrected chi connectivity index (χ3v) is 4.34.